The van der Waals surface area contributed by atoms with Gasteiger partial charge in [-0.15, -0.1) is 0 Å². The molecule has 0 aliphatic rings. The lowest BCUT2D eigenvalue weighted by Gasteiger charge is -2.10. The summed E-state index contributed by atoms with van der Waals surface area (Å²) in [6.45, 7) is 3.87. The van der Waals surface area contributed by atoms with Gasteiger partial charge in [0, 0.05) is 29.9 Å². The van der Waals surface area contributed by atoms with E-state index in [1.165, 1.54) is 0 Å². The number of hydrogen-bond donors (Lipinski definition) is 2. The number of carbonyl (C=O) groups excluding carboxylic acids is 1. The summed E-state index contributed by atoms with van der Waals surface area (Å²) in [7, 11) is -2.14. The van der Waals surface area contributed by atoms with E-state index in [4.69, 9.17) is 14.6 Å². The van der Waals surface area contributed by atoms with Crippen LogP contribution in [-0.4, -0.2) is 44.0 Å². The Kier molecular flexibility index (Phi) is 7.29. The van der Waals surface area contributed by atoms with Crippen LogP contribution in [-0.2, 0) is 10.2 Å². The SMILES string of the molecule is COc1ccc(-c2nc(C(=O)C(C)C)cn2-c2ccc(OCCNS(N)(=O)=O)cc2)cc1. The van der Waals surface area contributed by atoms with Crippen molar-refractivity contribution < 1.29 is 22.7 Å². The lowest BCUT2D eigenvalue weighted by Crippen LogP contribution is -2.33. The molecule has 1 aromatic heterocycles. The molecule has 0 atom stereocenters. The first-order valence-electron chi connectivity index (χ1n) is 9.96. The van der Waals surface area contributed by atoms with Crippen LogP contribution in [0.15, 0.2) is 54.7 Å². The number of imidazole rings is 1. The first kappa shape index (κ1) is 23.5. The fourth-order valence-electron chi connectivity index (χ4n) is 2.99. The molecule has 0 amide bonds. The molecule has 0 saturated carbocycles. The fraction of sp³-hybridized carbons (Fsp3) is 0.273. The summed E-state index contributed by atoms with van der Waals surface area (Å²) in [5.74, 6) is 1.70. The number of benzene rings is 2. The minimum absolute atomic E-state index is 0.0409. The largest absolute Gasteiger partial charge is 0.497 e. The molecule has 0 bridgehead atoms. The number of nitrogens with two attached hydrogens (primary N) is 1. The van der Waals surface area contributed by atoms with Gasteiger partial charge in [-0.2, -0.15) is 13.1 Å². The zero-order chi connectivity index (χ0) is 23.3. The summed E-state index contributed by atoms with van der Waals surface area (Å²) in [5.41, 5.74) is 2.02. The average molecular weight is 459 g/mol. The second-order valence-electron chi connectivity index (χ2n) is 7.35. The van der Waals surface area contributed by atoms with E-state index in [0.717, 1.165) is 17.0 Å². The highest BCUT2D eigenvalue weighted by Gasteiger charge is 2.19. The molecule has 2 aromatic carbocycles. The minimum Gasteiger partial charge on any atom is -0.497 e. The van der Waals surface area contributed by atoms with Crippen LogP contribution in [0.1, 0.15) is 24.3 Å². The summed E-state index contributed by atoms with van der Waals surface area (Å²) < 4.78 is 36.6. The van der Waals surface area contributed by atoms with E-state index >= 15 is 0 Å². The van der Waals surface area contributed by atoms with Crippen molar-refractivity contribution in [1.82, 2.24) is 14.3 Å². The maximum Gasteiger partial charge on any atom is 0.274 e. The highest BCUT2D eigenvalue weighted by Crippen LogP contribution is 2.27. The summed E-state index contributed by atoms with van der Waals surface area (Å²) >= 11 is 0. The second-order valence-corrected chi connectivity index (χ2v) is 8.73. The van der Waals surface area contributed by atoms with Crippen molar-refractivity contribution in [2.45, 2.75) is 13.8 Å². The number of ketones is 1. The first-order valence-corrected chi connectivity index (χ1v) is 11.5. The van der Waals surface area contributed by atoms with E-state index in [9.17, 15) is 13.2 Å². The molecule has 0 unspecified atom stereocenters. The van der Waals surface area contributed by atoms with Crippen LogP contribution >= 0.6 is 0 Å². The lowest BCUT2D eigenvalue weighted by atomic mass is 10.1. The first-order chi connectivity index (χ1) is 15.2. The normalized spacial score (nSPS) is 11.5. The zero-order valence-electron chi connectivity index (χ0n) is 18.1. The number of ether oxygens (including phenoxy) is 2. The zero-order valence-corrected chi connectivity index (χ0v) is 18.9. The predicted molar refractivity (Wildman–Crippen MR) is 121 cm³/mol. The number of aromatic nitrogens is 2. The molecule has 0 aliphatic carbocycles. The van der Waals surface area contributed by atoms with E-state index in [1.54, 1.807) is 25.4 Å². The van der Waals surface area contributed by atoms with Crippen molar-refractivity contribution in [3.8, 4) is 28.6 Å². The number of nitrogens with one attached hydrogen (secondary N) is 1. The number of Topliss-reactive ketones (excluding diaryl/α,β-unsaturated/α-hetero) is 1. The Hall–Kier alpha value is -3.21. The third kappa shape index (κ3) is 5.94. The van der Waals surface area contributed by atoms with Gasteiger partial charge >= 0.3 is 0 Å². The van der Waals surface area contributed by atoms with Crippen LogP contribution in [0.4, 0.5) is 0 Å². The Morgan fingerprint density at radius 2 is 1.72 bits per heavy atom. The minimum atomic E-state index is -3.74. The fourth-order valence-corrected chi connectivity index (χ4v) is 3.36. The number of carbonyl (C=O) groups is 1. The lowest BCUT2D eigenvalue weighted by molar-refractivity contribution is 0.0935. The molecule has 0 spiro atoms. The molecule has 1 heterocycles. The van der Waals surface area contributed by atoms with Gasteiger partial charge in [-0.05, 0) is 48.5 Å². The van der Waals surface area contributed by atoms with Gasteiger partial charge in [0.15, 0.2) is 5.78 Å². The van der Waals surface area contributed by atoms with Gasteiger partial charge < -0.3 is 9.47 Å². The van der Waals surface area contributed by atoms with Crippen LogP contribution in [0.5, 0.6) is 11.5 Å². The molecule has 0 aliphatic heterocycles. The van der Waals surface area contributed by atoms with Crippen molar-refractivity contribution in [3.05, 3.63) is 60.4 Å². The van der Waals surface area contributed by atoms with Crippen LogP contribution < -0.4 is 19.3 Å². The van der Waals surface area contributed by atoms with Gasteiger partial charge in [-0.25, -0.2) is 10.1 Å². The molecule has 3 aromatic rings. The molecule has 0 saturated heterocycles. The van der Waals surface area contributed by atoms with Crippen LogP contribution in [0.25, 0.3) is 17.1 Å². The van der Waals surface area contributed by atoms with Crippen molar-refractivity contribution in [3.63, 3.8) is 0 Å². The quantitative estimate of drug-likeness (QED) is 0.355. The Morgan fingerprint density at radius 1 is 1.09 bits per heavy atom. The van der Waals surface area contributed by atoms with E-state index in [0.29, 0.717) is 17.3 Å². The van der Waals surface area contributed by atoms with Gasteiger partial charge in [0.25, 0.3) is 10.2 Å². The summed E-state index contributed by atoms with van der Waals surface area (Å²) in [4.78, 5) is 17.2. The topological polar surface area (TPSA) is 126 Å². The highest BCUT2D eigenvalue weighted by atomic mass is 32.2. The molecule has 9 nitrogen and oxygen atoms in total. The molecule has 3 rings (SSSR count). The number of hydrogen-bond acceptors (Lipinski definition) is 6. The van der Waals surface area contributed by atoms with E-state index in [-0.39, 0.29) is 24.9 Å². The van der Waals surface area contributed by atoms with Gasteiger partial charge in [-0.3, -0.25) is 9.36 Å². The Balaban J connectivity index is 1.87. The molecular formula is C22H26N4O5S. The number of rotatable bonds is 10. The van der Waals surface area contributed by atoms with Gasteiger partial charge in [0.2, 0.25) is 0 Å². The molecule has 0 fully saturated rings. The Labute approximate surface area is 187 Å². The smallest absolute Gasteiger partial charge is 0.274 e. The second kappa shape index (κ2) is 9.94. The van der Waals surface area contributed by atoms with Crippen LogP contribution in [0.2, 0.25) is 0 Å². The molecule has 10 heteroatoms. The highest BCUT2D eigenvalue weighted by molar-refractivity contribution is 7.87. The number of methoxy groups -OCH3 is 1. The van der Waals surface area contributed by atoms with Gasteiger partial charge in [0.05, 0.1) is 7.11 Å². The molecular weight excluding hydrogens is 432 g/mol. The van der Waals surface area contributed by atoms with Crippen molar-refractivity contribution >= 4 is 16.0 Å². The third-order valence-electron chi connectivity index (χ3n) is 4.62. The summed E-state index contributed by atoms with van der Waals surface area (Å²) in [6.07, 6.45) is 1.73. The van der Waals surface area contributed by atoms with Gasteiger partial charge in [-0.1, -0.05) is 13.8 Å². The standard InChI is InChI=1S/C22H26N4O5S/c1-15(2)21(27)20-14-26(22(25-20)16-4-8-18(30-3)9-5-16)17-6-10-19(11-7-17)31-13-12-24-32(23,28)29/h4-11,14-15,24H,12-13H2,1-3H3,(H2,23,28,29). The maximum atomic E-state index is 12.6. The molecule has 32 heavy (non-hydrogen) atoms. The summed E-state index contributed by atoms with van der Waals surface area (Å²) in [5, 5.41) is 4.89. The van der Waals surface area contributed by atoms with Crippen molar-refractivity contribution in [1.29, 1.82) is 0 Å². The molecule has 170 valence electrons. The van der Waals surface area contributed by atoms with E-state index < -0.39 is 10.2 Å². The van der Waals surface area contributed by atoms with Crippen molar-refractivity contribution in [2.75, 3.05) is 20.3 Å². The van der Waals surface area contributed by atoms with E-state index in [2.05, 4.69) is 9.71 Å². The third-order valence-corrected chi connectivity index (χ3v) is 5.23. The molecule has 0 radical (unpaired) electrons. The van der Waals surface area contributed by atoms with Crippen LogP contribution in [0, 0.1) is 5.92 Å². The van der Waals surface area contributed by atoms with E-state index in [1.807, 2.05) is 54.8 Å². The van der Waals surface area contributed by atoms with Crippen LogP contribution in [0.3, 0.4) is 0 Å². The van der Waals surface area contributed by atoms with Gasteiger partial charge in [0.1, 0.15) is 29.6 Å². The number of nitrogens with zero attached hydrogens (tertiary/aromatic N) is 2. The Morgan fingerprint density at radius 3 is 2.28 bits per heavy atom. The van der Waals surface area contributed by atoms with Crippen molar-refractivity contribution in [2.24, 2.45) is 11.1 Å². The average Bonchev–Trinajstić information content (AvgIpc) is 3.21. The predicted octanol–water partition coefficient (Wildman–Crippen LogP) is 2.56. The Bertz CT molecular complexity index is 1170. The summed E-state index contributed by atoms with van der Waals surface area (Å²) in [6, 6.07) is 14.6. The monoisotopic (exact) mass is 458 g/mol. The molecule has 3 N–H and O–H groups in total. The maximum absolute atomic E-state index is 12.6.